The van der Waals surface area contributed by atoms with E-state index in [1.54, 1.807) is 10.4 Å². The SMILES string of the molecule is Cc1cc([Si](C)(C)c2cc(C(C)C)[c-]3ccccc23)c2cccc[c-]12.[Li+].[Li+]. The number of hydrogen-bond acceptors (Lipinski definition) is 0. The Balaban J connectivity index is 0.00000131. The van der Waals surface area contributed by atoms with Gasteiger partial charge in [0.05, 0.1) is 0 Å². The average Bonchev–Trinajstić information content (AvgIpc) is 3.15. The molecule has 4 aromatic carbocycles. The zero-order valence-electron chi connectivity index (χ0n) is 17.9. The summed E-state index contributed by atoms with van der Waals surface area (Å²) in [7, 11) is -1.79. The molecule has 3 heteroatoms. The van der Waals surface area contributed by atoms with Gasteiger partial charge in [0.15, 0.2) is 0 Å². The van der Waals surface area contributed by atoms with Gasteiger partial charge < -0.3 is 0 Å². The van der Waals surface area contributed by atoms with E-state index in [-0.39, 0.29) is 37.7 Å². The molecule has 0 saturated heterocycles. The summed E-state index contributed by atoms with van der Waals surface area (Å²) in [4.78, 5) is 0. The minimum atomic E-state index is -1.79. The molecule has 0 aliphatic heterocycles. The number of rotatable bonds is 3. The van der Waals surface area contributed by atoms with Gasteiger partial charge in [0, 0.05) is 8.07 Å². The molecule has 0 nitrogen and oxygen atoms in total. The largest absolute Gasteiger partial charge is 1.00 e. The maximum Gasteiger partial charge on any atom is 1.00 e. The number of aryl methyl sites for hydroxylation is 1. The molecule has 0 aliphatic rings. The minimum Gasteiger partial charge on any atom is -0.148 e. The van der Waals surface area contributed by atoms with Crippen molar-refractivity contribution >= 4 is 40.0 Å². The van der Waals surface area contributed by atoms with Crippen molar-refractivity contribution in [2.45, 2.75) is 39.8 Å². The first-order valence-corrected chi connectivity index (χ1v) is 12.3. The maximum absolute atomic E-state index is 2.51. The average molecular weight is 356 g/mol. The Morgan fingerprint density at radius 3 is 1.89 bits per heavy atom. The first-order valence-electron chi connectivity index (χ1n) is 9.25. The van der Waals surface area contributed by atoms with Gasteiger partial charge in [0.2, 0.25) is 0 Å². The summed E-state index contributed by atoms with van der Waals surface area (Å²) in [6.45, 7) is 11.9. The van der Waals surface area contributed by atoms with Gasteiger partial charge >= 0.3 is 37.7 Å². The van der Waals surface area contributed by atoms with E-state index in [1.807, 2.05) is 0 Å². The van der Waals surface area contributed by atoms with Gasteiger partial charge in [-0.1, -0.05) is 44.6 Å². The van der Waals surface area contributed by atoms with Crippen LogP contribution in [-0.4, -0.2) is 8.07 Å². The fraction of sp³-hybridized carbons (Fsp3) is 0.250. The second-order valence-electron chi connectivity index (χ2n) is 8.13. The van der Waals surface area contributed by atoms with E-state index in [1.165, 1.54) is 32.7 Å². The summed E-state index contributed by atoms with van der Waals surface area (Å²) >= 11 is 0. The fourth-order valence-corrected chi connectivity index (χ4v) is 7.54. The molecule has 0 radical (unpaired) electrons. The van der Waals surface area contributed by atoms with E-state index in [4.69, 9.17) is 0 Å². The topological polar surface area (TPSA) is 0 Å². The molecule has 0 fully saturated rings. The van der Waals surface area contributed by atoms with Crippen molar-refractivity contribution in [3.05, 3.63) is 71.8 Å². The molecular weight excluding hydrogens is 330 g/mol. The number of benzene rings is 2. The summed E-state index contributed by atoms with van der Waals surface area (Å²) in [5.41, 5.74) is 2.91. The predicted molar refractivity (Wildman–Crippen MR) is 115 cm³/mol. The quantitative estimate of drug-likeness (QED) is 0.349. The molecule has 27 heavy (non-hydrogen) atoms. The molecule has 0 amide bonds. The molecule has 128 valence electrons. The standard InChI is InChI=1S/C24H26Si.2Li/c1-16(2)22-15-24(21-13-9-7-11-19(21)22)25(4,5)23-14-17(3)18-10-6-8-12-20(18)23;;/h6-16H,1-5H3;;/q-2;2*+1. The summed E-state index contributed by atoms with van der Waals surface area (Å²) in [5, 5.41) is 8.94. The second-order valence-corrected chi connectivity index (χ2v) is 12.5. The smallest absolute Gasteiger partial charge is 0.148 e. The van der Waals surface area contributed by atoms with Crippen LogP contribution in [0.1, 0.15) is 30.9 Å². The molecule has 0 unspecified atom stereocenters. The molecule has 4 aromatic rings. The Morgan fingerprint density at radius 2 is 1.30 bits per heavy atom. The van der Waals surface area contributed by atoms with Gasteiger partial charge in [-0.15, -0.1) is 92.9 Å². The third-order valence-electron chi connectivity index (χ3n) is 5.80. The van der Waals surface area contributed by atoms with Crippen molar-refractivity contribution in [1.82, 2.24) is 0 Å². The molecule has 0 bridgehead atoms. The maximum atomic E-state index is 2.51. The zero-order chi connectivity index (χ0) is 17.8. The van der Waals surface area contributed by atoms with E-state index < -0.39 is 8.07 Å². The van der Waals surface area contributed by atoms with E-state index in [0.717, 1.165) is 0 Å². The Morgan fingerprint density at radius 1 is 0.778 bits per heavy atom. The van der Waals surface area contributed by atoms with Crippen molar-refractivity contribution < 1.29 is 37.7 Å². The second kappa shape index (κ2) is 8.21. The van der Waals surface area contributed by atoms with Crippen molar-refractivity contribution in [1.29, 1.82) is 0 Å². The fourth-order valence-electron chi connectivity index (χ4n) is 4.37. The summed E-state index contributed by atoms with van der Waals surface area (Å²) < 4.78 is 0. The minimum absolute atomic E-state index is 0. The summed E-state index contributed by atoms with van der Waals surface area (Å²) in [6.07, 6.45) is 0. The van der Waals surface area contributed by atoms with Gasteiger partial charge in [0.25, 0.3) is 0 Å². The van der Waals surface area contributed by atoms with E-state index in [9.17, 15) is 0 Å². The molecule has 0 aromatic heterocycles. The number of hydrogen-bond donors (Lipinski definition) is 0. The van der Waals surface area contributed by atoms with Gasteiger partial charge in [-0.2, -0.15) is 0 Å². The van der Waals surface area contributed by atoms with Gasteiger partial charge in [-0.25, -0.2) is 0 Å². The Hall–Kier alpha value is -0.928. The van der Waals surface area contributed by atoms with Crippen LogP contribution in [0.25, 0.3) is 21.5 Å². The van der Waals surface area contributed by atoms with Crippen LogP contribution in [0.15, 0.2) is 60.7 Å². The first kappa shape index (κ1) is 22.4. The normalized spacial score (nSPS) is 11.6. The van der Waals surface area contributed by atoms with Crippen molar-refractivity contribution in [3.63, 3.8) is 0 Å². The predicted octanol–water partition coefficient (Wildman–Crippen LogP) is -0.307. The Labute approximate surface area is 188 Å². The van der Waals surface area contributed by atoms with Gasteiger partial charge in [-0.3, -0.25) is 0 Å². The van der Waals surface area contributed by atoms with E-state index in [2.05, 4.69) is 94.5 Å². The first-order chi connectivity index (χ1) is 11.9. The van der Waals surface area contributed by atoms with Crippen LogP contribution in [0, 0.1) is 6.92 Å². The van der Waals surface area contributed by atoms with Crippen LogP contribution in [0.4, 0.5) is 0 Å². The van der Waals surface area contributed by atoms with Crippen LogP contribution < -0.4 is 48.1 Å². The molecule has 0 atom stereocenters. The Kier molecular flexibility index (Phi) is 6.80. The van der Waals surface area contributed by atoms with Crippen LogP contribution >= 0.6 is 0 Å². The molecule has 0 saturated carbocycles. The molecule has 0 aliphatic carbocycles. The van der Waals surface area contributed by atoms with Crippen molar-refractivity contribution in [2.24, 2.45) is 0 Å². The van der Waals surface area contributed by atoms with Crippen LogP contribution in [0.5, 0.6) is 0 Å². The van der Waals surface area contributed by atoms with Crippen LogP contribution in [0.3, 0.4) is 0 Å². The van der Waals surface area contributed by atoms with Crippen LogP contribution in [-0.2, 0) is 0 Å². The third kappa shape index (κ3) is 3.58. The van der Waals surface area contributed by atoms with Gasteiger partial charge in [-0.05, 0) is 5.92 Å². The van der Waals surface area contributed by atoms with Crippen molar-refractivity contribution in [3.8, 4) is 0 Å². The zero-order valence-corrected chi connectivity index (χ0v) is 18.9. The molecule has 4 rings (SSSR count). The monoisotopic (exact) mass is 356 g/mol. The molecule has 0 N–H and O–H groups in total. The van der Waals surface area contributed by atoms with Crippen molar-refractivity contribution in [2.75, 3.05) is 0 Å². The Bertz CT molecular complexity index is 1070. The summed E-state index contributed by atoms with van der Waals surface area (Å²) in [5.74, 6) is 0.557. The number of fused-ring (bicyclic) bond motifs is 2. The molecular formula is C24H26Li2Si. The van der Waals surface area contributed by atoms with E-state index >= 15 is 0 Å². The third-order valence-corrected chi connectivity index (χ3v) is 9.32. The van der Waals surface area contributed by atoms with E-state index in [0.29, 0.717) is 5.92 Å². The molecule has 0 heterocycles. The van der Waals surface area contributed by atoms with Gasteiger partial charge in [0.1, 0.15) is 0 Å². The van der Waals surface area contributed by atoms with Crippen LogP contribution in [0.2, 0.25) is 13.1 Å². The summed E-state index contributed by atoms with van der Waals surface area (Å²) in [6, 6.07) is 22.9. The molecule has 0 spiro atoms.